The lowest BCUT2D eigenvalue weighted by Gasteiger charge is -2.71. The Hall–Kier alpha value is -0.780. The molecule has 316 valence electrons. The Balaban J connectivity index is 1.19. The van der Waals surface area contributed by atoms with E-state index in [9.17, 15) is 40.9 Å². The van der Waals surface area contributed by atoms with Crippen LogP contribution in [0.1, 0.15) is 107 Å². The molecule has 3 aliphatic heterocycles. The molecule has 13 heteroatoms. The molecule has 0 aromatic heterocycles. The summed E-state index contributed by atoms with van der Waals surface area (Å²) in [5.41, 5.74) is -0.204. The van der Waals surface area contributed by atoms with E-state index in [0.717, 1.165) is 50.5 Å². The summed E-state index contributed by atoms with van der Waals surface area (Å²) in [6.45, 7) is 17.1. The van der Waals surface area contributed by atoms with Gasteiger partial charge in [0.2, 0.25) is 0 Å². The van der Waals surface area contributed by atoms with Gasteiger partial charge in [0.15, 0.2) is 12.6 Å². The third-order valence-electron chi connectivity index (χ3n) is 16.9. The highest BCUT2D eigenvalue weighted by molar-refractivity contribution is 5.22. The van der Waals surface area contributed by atoms with E-state index in [1.54, 1.807) is 0 Å². The maximum Gasteiger partial charge on any atom is 0.187 e. The fourth-order valence-electron chi connectivity index (χ4n) is 14.0. The number of allylic oxidation sites excluding steroid dienone is 1. The third-order valence-corrected chi connectivity index (χ3v) is 16.9. The van der Waals surface area contributed by atoms with Gasteiger partial charge in [0.25, 0.3) is 0 Å². The number of aliphatic hydroxyl groups excluding tert-OH is 8. The Morgan fingerprint density at radius 1 is 0.673 bits per heavy atom. The Morgan fingerprint density at radius 3 is 1.85 bits per heavy atom. The van der Waals surface area contributed by atoms with Gasteiger partial charge in [0, 0.05) is 6.42 Å². The van der Waals surface area contributed by atoms with Crippen LogP contribution in [0.2, 0.25) is 0 Å². The zero-order valence-electron chi connectivity index (χ0n) is 34.1. The van der Waals surface area contributed by atoms with Crippen molar-refractivity contribution in [1.82, 2.24) is 0 Å². The van der Waals surface area contributed by atoms with Crippen LogP contribution in [0, 0.1) is 45.3 Å². The zero-order chi connectivity index (χ0) is 40.2. The molecule has 8 N–H and O–H groups in total. The van der Waals surface area contributed by atoms with Crippen molar-refractivity contribution >= 4 is 0 Å². The maximum atomic E-state index is 11.1. The van der Waals surface area contributed by atoms with Crippen LogP contribution in [0.4, 0.5) is 0 Å². The van der Waals surface area contributed by atoms with E-state index in [1.807, 2.05) is 0 Å². The first-order valence-electron chi connectivity index (χ1n) is 20.9. The quantitative estimate of drug-likeness (QED) is 0.138. The molecule has 4 saturated carbocycles. The van der Waals surface area contributed by atoms with Crippen molar-refractivity contribution in [3.63, 3.8) is 0 Å². The van der Waals surface area contributed by atoms with Gasteiger partial charge in [-0.1, -0.05) is 46.3 Å². The van der Waals surface area contributed by atoms with Crippen molar-refractivity contribution in [1.29, 1.82) is 0 Å². The number of fused-ring (bicyclic) bond motifs is 4. The highest BCUT2D eigenvalue weighted by atomic mass is 16.7. The summed E-state index contributed by atoms with van der Waals surface area (Å²) in [7, 11) is 0. The number of hydrogen-bond donors (Lipinski definition) is 8. The molecule has 0 spiro atoms. The smallest absolute Gasteiger partial charge is 0.187 e. The van der Waals surface area contributed by atoms with Crippen LogP contribution in [0.25, 0.3) is 0 Å². The molecular weight excluding hydrogens is 712 g/mol. The topological polar surface area (TPSA) is 208 Å². The highest BCUT2D eigenvalue weighted by Crippen LogP contribution is 2.77. The molecule has 0 bridgehead atoms. The molecular formula is C42H70O13. The Bertz CT molecular complexity index is 1420. The average molecular weight is 783 g/mol. The van der Waals surface area contributed by atoms with Crippen molar-refractivity contribution in [2.45, 2.75) is 192 Å². The first kappa shape index (κ1) is 42.3. The minimum Gasteiger partial charge on any atom is -0.394 e. The van der Waals surface area contributed by atoms with Gasteiger partial charge in [-0.3, -0.25) is 0 Å². The molecule has 0 aromatic carbocycles. The second-order valence-electron chi connectivity index (χ2n) is 20.4. The molecule has 0 aromatic rings. The summed E-state index contributed by atoms with van der Waals surface area (Å²) in [5.74, 6) is 0.823. The highest BCUT2D eigenvalue weighted by Gasteiger charge is 2.73. The molecule has 7 aliphatic rings. The molecule has 21 unspecified atom stereocenters. The van der Waals surface area contributed by atoms with Crippen LogP contribution in [0.5, 0.6) is 0 Å². The number of aliphatic hydroxyl groups is 8. The molecule has 3 saturated heterocycles. The average Bonchev–Trinajstić information content (AvgIpc) is 3.45. The van der Waals surface area contributed by atoms with Crippen LogP contribution in [0.3, 0.4) is 0 Å². The summed E-state index contributed by atoms with van der Waals surface area (Å²) < 4.78 is 32.4. The van der Waals surface area contributed by atoms with E-state index in [4.69, 9.17) is 23.7 Å². The van der Waals surface area contributed by atoms with Gasteiger partial charge in [0.1, 0.15) is 48.8 Å². The lowest BCUT2D eigenvalue weighted by atomic mass is 9.35. The second-order valence-corrected chi connectivity index (χ2v) is 20.4. The molecule has 7 rings (SSSR count). The molecule has 13 nitrogen and oxygen atoms in total. The molecule has 3 heterocycles. The Labute approximate surface area is 326 Å². The Kier molecular flexibility index (Phi) is 11.4. The summed E-state index contributed by atoms with van der Waals surface area (Å²) in [4.78, 5) is 0. The van der Waals surface area contributed by atoms with Crippen molar-refractivity contribution in [2.24, 2.45) is 45.3 Å². The molecule has 7 fully saturated rings. The van der Waals surface area contributed by atoms with E-state index < -0.39 is 80.2 Å². The van der Waals surface area contributed by atoms with E-state index >= 15 is 0 Å². The van der Waals surface area contributed by atoms with Crippen LogP contribution >= 0.6 is 0 Å². The van der Waals surface area contributed by atoms with Crippen molar-refractivity contribution < 1.29 is 64.5 Å². The fraction of sp³-hybridized carbons (Fsp3) is 0.952. The van der Waals surface area contributed by atoms with Gasteiger partial charge in [0.05, 0.1) is 37.1 Å². The minimum atomic E-state index is -1.52. The van der Waals surface area contributed by atoms with E-state index in [1.165, 1.54) is 0 Å². The summed E-state index contributed by atoms with van der Waals surface area (Å²) >= 11 is 0. The molecule has 0 amide bonds. The lowest BCUT2D eigenvalue weighted by molar-refractivity contribution is -0.335. The third kappa shape index (κ3) is 6.53. The summed E-state index contributed by atoms with van der Waals surface area (Å²) in [6.07, 6.45) is -4.87. The number of rotatable bonds is 7. The van der Waals surface area contributed by atoms with E-state index in [0.29, 0.717) is 12.3 Å². The summed E-state index contributed by atoms with van der Waals surface area (Å²) in [5, 5.41) is 83.7. The molecule has 21 atom stereocenters. The molecule has 55 heavy (non-hydrogen) atoms. The molecule has 0 radical (unpaired) electrons. The minimum absolute atomic E-state index is 0.0288. The predicted molar refractivity (Wildman–Crippen MR) is 199 cm³/mol. The van der Waals surface area contributed by atoms with Gasteiger partial charge in [-0.2, -0.15) is 0 Å². The van der Waals surface area contributed by atoms with E-state index in [-0.39, 0.29) is 57.7 Å². The largest absolute Gasteiger partial charge is 0.394 e. The van der Waals surface area contributed by atoms with Crippen LogP contribution < -0.4 is 0 Å². The standard InChI is InChI=1S/C42H70O13/c1-20(2)15-21-17-42(8,55-37-35(50)33(48)31(46)25(19-44)53-37)22-9-13-41(7)29(22)23(51-21)16-27-39(5)12-11-28(38(3,4)26(39)10-14-40(27,41)6)54-36-34(49)32(47)30(45)24(18-43)52-36/h15,21-37,43-50H,9-14,16-19H2,1-8H3. The number of hydrogen-bond acceptors (Lipinski definition) is 13. The Morgan fingerprint density at radius 2 is 1.25 bits per heavy atom. The first-order chi connectivity index (χ1) is 25.7. The normalized spacial score (nSPS) is 56.1. The summed E-state index contributed by atoms with van der Waals surface area (Å²) in [6, 6.07) is 0. The first-order valence-corrected chi connectivity index (χ1v) is 20.9. The van der Waals surface area contributed by atoms with Crippen LogP contribution in [0.15, 0.2) is 11.6 Å². The van der Waals surface area contributed by atoms with Gasteiger partial charge in [-0.25, -0.2) is 0 Å². The van der Waals surface area contributed by atoms with Gasteiger partial charge in [-0.05, 0) is 111 Å². The van der Waals surface area contributed by atoms with Gasteiger partial charge >= 0.3 is 0 Å². The van der Waals surface area contributed by atoms with Crippen molar-refractivity contribution in [3.8, 4) is 0 Å². The number of ether oxygens (including phenoxy) is 5. The SMILES string of the molecule is CC(C)=CC1CC(C)(OC2OC(CO)C(O)C(O)C2O)C2CCC3(C)C2C(CC2C4(C)CCC(OC5OC(CO)C(O)C(O)C5O)C(C)(C)C4CCC23C)O1. The maximum absolute atomic E-state index is 11.1. The van der Waals surface area contributed by atoms with Crippen LogP contribution in [-0.2, 0) is 23.7 Å². The molecule has 4 aliphatic carbocycles. The van der Waals surface area contributed by atoms with Crippen LogP contribution in [-0.4, -0.2) is 139 Å². The fourth-order valence-corrected chi connectivity index (χ4v) is 14.0. The van der Waals surface area contributed by atoms with Gasteiger partial charge < -0.3 is 64.5 Å². The van der Waals surface area contributed by atoms with Crippen molar-refractivity contribution in [2.75, 3.05) is 13.2 Å². The predicted octanol–water partition coefficient (Wildman–Crippen LogP) is 2.17. The lowest BCUT2D eigenvalue weighted by Crippen LogP contribution is -2.67. The monoisotopic (exact) mass is 782 g/mol. The second kappa shape index (κ2) is 14.7. The van der Waals surface area contributed by atoms with Gasteiger partial charge in [-0.15, -0.1) is 0 Å². The van der Waals surface area contributed by atoms with Crippen molar-refractivity contribution in [3.05, 3.63) is 11.6 Å². The van der Waals surface area contributed by atoms with E-state index in [2.05, 4.69) is 61.5 Å². The zero-order valence-corrected chi connectivity index (χ0v) is 34.1.